The Morgan fingerprint density at radius 3 is 1.79 bits per heavy atom. The van der Waals surface area contributed by atoms with Gasteiger partial charge in [0.15, 0.2) is 0 Å². The summed E-state index contributed by atoms with van der Waals surface area (Å²) in [6.07, 6.45) is 0. The number of thiophene rings is 2. The molecule has 0 spiro atoms. The van der Waals surface area contributed by atoms with Gasteiger partial charge in [0.05, 0.1) is 10.4 Å². The van der Waals surface area contributed by atoms with E-state index in [1.807, 2.05) is 22.7 Å². The second kappa shape index (κ2) is 13.3. The zero-order chi connectivity index (χ0) is 38.2. The molecule has 0 saturated carbocycles. The zero-order valence-electron chi connectivity index (χ0n) is 31.2. The highest BCUT2D eigenvalue weighted by atomic mass is 32.1. The van der Waals surface area contributed by atoms with Crippen LogP contribution in [-0.2, 0) is 0 Å². The van der Waals surface area contributed by atoms with Gasteiger partial charge >= 0.3 is 0 Å². The molecule has 4 heteroatoms. The van der Waals surface area contributed by atoms with Crippen LogP contribution in [-0.4, -0.2) is 0 Å². The zero-order valence-corrected chi connectivity index (χ0v) is 32.9. The van der Waals surface area contributed by atoms with Crippen molar-refractivity contribution in [1.29, 1.82) is 0 Å². The molecule has 58 heavy (non-hydrogen) atoms. The minimum Gasteiger partial charge on any atom is -0.455 e. The first kappa shape index (κ1) is 33.2. The van der Waals surface area contributed by atoms with Crippen LogP contribution in [0.4, 0.5) is 17.1 Å². The topological polar surface area (TPSA) is 16.4 Å². The number of fused-ring (bicyclic) bond motifs is 10. The molecule has 0 fully saturated rings. The van der Waals surface area contributed by atoms with Crippen LogP contribution in [0.3, 0.4) is 0 Å². The van der Waals surface area contributed by atoms with Gasteiger partial charge in [-0.15, -0.1) is 22.7 Å². The molecule has 0 saturated heterocycles. The largest absolute Gasteiger partial charge is 0.455 e. The maximum atomic E-state index is 6.67. The van der Waals surface area contributed by atoms with Crippen molar-refractivity contribution in [3.05, 3.63) is 200 Å². The molecule has 272 valence electrons. The van der Waals surface area contributed by atoms with E-state index < -0.39 is 0 Å². The minimum atomic E-state index is 0.917. The van der Waals surface area contributed by atoms with Crippen molar-refractivity contribution >= 4 is 102 Å². The van der Waals surface area contributed by atoms with Gasteiger partial charge in [0.2, 0.25) is 0 Å². The van der Waals surface area contributed by atoms with Crippen LogP contribution in [0.1, 0.15) is 0 Å². The molecular weight excluding hydrogens is 743 g/mol. The van der Waals surface area contributed by atoms with Crippen LogP contribution in [0, 0.1) is 0 Å². The Morgan fingerprint density at radius 1 is 0.362 bits per heavy atom. The van der Waals surface area contributed by atoms with E-state index in [-0.39, 0.29) is 0 Å². The van der Waals surface area contributed by atoms with Crippen molar-refractivity contribution < 1.29 is 4.42 Å². The third-order valence-corrected chi connectivity index (χ3v) is 13.8. The van der Waals surface area contributed by atoms with Crippen LogP contribution < -0.4 is 4.90 Å². The highest BCUT2D eigenvalue weighted by Gasteiger charge is 2.21. The number of anilines is 3. The maximum Gasteiger partial charge on any atom is 0.145 e. The summed E-state index contributed by atoms with van der Waals surface area (Å²) in [7, 11) is 0. The third kappa shape index (κ3) is 5.30. The molecule has 0 unspecified atom stereocenters. The van der Waals surface area contributed by atoms with Crippen molar-refractivity contribution in [2.45, 2.75) is 0 Å². The molecule has 2 nitrogen and oxygen atoms in total. The lowest BCUT2D eigenvalue weighted by Crippen LogP contribution is -2.10. The molecule has 0 aliphatic carbocycles. The average Bonchev–Trinajstić information content (AvgIpc) is 3.99. The first-order valence-electron chi connectivity index (χ1n) is 19.6. The van der Waals surface area contributed by atoms with Gasteiger partial charge in [-0.3, -0.25) is 0 Å². The second-order valence-electron chi connectivity index (χ2n) is 14.8. The Bertz CT molecular complexity index is 3500. The van der Waals surface area contributed by atoms with E-state index in [0.717, 1.165) is 33.5 Å². The fourth-order valence-electron chi connectivity index (χ4n) is 8.76. The summed E-state index contributed by atoms with van der Waals surface area (Å²) in [6, 6.07) is 72.5. The summed E-state index contributed by atoms with van der Waals surface area (Å²) in [4.78, 5) is 2.42. The number of furan rings is 1. The van der Waals surface area contributed by atoms with Crippen LogP contribution in [0.25, 0.3) is 95.7 Å². The summed E-state index contributed by atoms with van der Waals surface area (Å²) in [5.41, 5.74) is 12.4. The first-order valence-corrected chi connectivity index (χ1v) is 21.2. The second-order valence-corrected chi connectivity index (χ2v) is 17.0. The van der Waals surface area contributed by atoms with E-state index in [4.69, 9.17) is 4.42 Å². The summed E-state index contributed by atoms with van der Waals surface area (Å²) < 4.78 is 11.8. The SMILES string of the molecule is c1ccc(-c2ccc(N(c3cccc(-c4ccc(-c5cc6sc7ccccc7c6c6oc7ccccc7c56)cc4)c3)c3cccc4c3sc3ccccc34)cc2)cc1. The molecule has 3 heterocycles. The number of nitrogens with zero attached hydrogens (tertiary/aromatic N) is 1. The van der Waals surface area contributed by atoms with E-state index in [2.05, 4.69) is 205 Å². The molecule has 3 aromatic heterocycles. The van der Waals surface area contributed by atoms with Crippen molar-refractivity contribution in [2.24, 2.45) is 0 Å². The standard InChI is InChI=1S/C54H33NOS2/c1-2-12-34(13-3-1)35-28-30-39(31-29-35)55(46-20-11-19-42-41-16-5-8-22-48(41)58-54(42)46)40-15-10-14-38(32-40)36-24-26-37(27-25-36)45-33-50-52(44-18-6-9-23-49(44)57-50)53-51(45)43-17-4-7-21-47(43)56-53/h1-33H. The van der Waals surface area contributed by atoms with E-state index in [0.29, 0.717) is 0 Å². The smallest absolute Gasteiger partial charge is 0.145 e. The number of hydrogen-bond donors (Lipinski definition) is 0. The van der Waals surface area contributed by atoms with E-state index in [9.17, 15) is 0 Å². The predicted octanol–water partition coefficient (Wildman–Crippen LogP) is 16.8. The van der Waals surface area contributed by atoms with E-state index >= 15 is 0 Å². The Morgan fingerprint density at radius 2 is 0.966 bits per heavy atom. The Hall–Kier alpha value is -6.98. The predicted molar refractivity (Wildman–Crippen MR) is 250 cm³/mol. The molecule has 9 aromatic carbocycles. The molecule has 12 aromatic rings. The molecule has 0 aliphatic rings. The molecule has 12 rings (SSSR count). The fourth-order valence-corrected chi connectivity index (χ4v) is 11.1. The summed E-state index contributed by atoms with van der Waals surface area (Å²) >= 11 is 3.69. The molecule has 0 N–H and O–H groups in total. The van der Waals surface area contributed by atoms with Crippen LogP contribution in [0.5, 0.6) is 0 Å². The molecule has 0 atom stereocenters. The molecule has 0 bridgehead atoms. The van der Waals surface area contributed by atoms with Gasteiger partial charge in [0.1, 0.15) is 11.2 Å². The normalized spacial score (nSPS) is 11.8. The minimum absolute atomic E-state index is 0.917. The lowest BCUT2D eigenvalue weighted by atomic mass is 9.95. The van der Waals surface area contributed by atoms with Gasteiger partial charge in [-0.05, 0) is 88.0 Å². The van der Waals surface area contributed by atoms with Crippen molar-refractivity contribution in [3.63, 3.8) is 0 Å². The maximum absolute atomic E-state index is 6.67. The van der Waals surface area contributed by atoms with Crippen molar-refractivity contribution in [3.8, 4) is 33.4 Å². The van der Waals surface area contributed by atoms with E-state index in [1.165, 1.54) is 79.2 Å². The number of rotatable bonds is 6. The quantitative estimate of drug-likeness (QED) is 0.167. The number of hydrogen-bond acceptors (Lipinski definition) is 4. The molecule has 0 amide bonds. The van der Waals surface area contributed by atoms with Gasteiger partial charge in [-0.1, -0.05) is 146 Å². The highest BCUT2D eigenvalue weighted by molar-refractivity contribution is 7.26. The summed E-state index contributed by atoms with van der Waals surface area (Å²) in [6.45, 7) is 0. The number of para-hydroxylation sites is 1. The third-order valence-electron chi connectivity index (χ3n) is 11.5. The van der Waals surface area contributed by atoms with Gasteiger partial charge in [0.25, 0.3) is 0 Å². The molecular formula is C54H33NOS2. The fraction of sp³-hybridized carbons (Fsp3) is 0. The number of benzene rings is 9. The lowest BCUT2D eigenvalue weighted by Gasteiger charge is -2.27. The Balaban J connectivity index is 0.984. The average molecular weight is 776 g/mol. The van der Waals surface area contributed by atoms with Gasteiger partial charge in [0, 0.05) is 57.8 Å². The lowest BCUT2D eigenvalue weighted by molar-refractivity contribution is 0.673. The van der Waals surface area contributed by atoms with Gasteiger partial charge < -0.3 is 9.32 Å². The van der Waals surface area contributed by atoms with Crippen LogP contribution in [0.2, 0.25) is 0 Å². The monoisotopic (exact) mass is 775 g/mol. The summed E-state index contributed by atoms with van der Waals surface area (Å²) in [5, 5.41) is 7.35. The van der Waals surface area contributed by atoms with Crippen LogP contribution in [0.15, 0.2) is 205 Å². The molecule has 0 aliphatic heterocycles. The summed E-state index contributed by atoms with van der Waals surface area (Å²) in [5.74, 6) is 0. The van der Waals surface area contributed by atoms with Gasteiger partial charge in [-0.2, -0.15) is 0 Å². The van der Waals surface area contributed by atoms with E-state index in [1.54, 1.807) is 0 Å². The Labute approximate surface area is 343 Å². The first-order chi connectivity index (χ1) is 28.7. The van der Waals surface area contributed by atoms with Crippen LogP contribution >= 0.6 is 22.7 Å². The van der Waals surface area contributed by atoms with Gasteiger partial charge in [-0.25, -0.2) is 0 Å². The highest BCUT2D eigenvalue weighted by Crippen LogP contribution is 2.48. The van der Waals surface area contributed by atoms with Crippen molar-refractivity contribution in [1.82, 2.24) is 0 Å². The molecule has 0 radical (unpaired) electrons. The Kier molecular flexibility index (Phi) is 7.62. The van der Waals surface area contributed by atoms with Crippen molar-refractivity contribution in [2.75, 3.05) is 4.90 Å².